The van der Waals surface area contributed by atoms with Gasteiger partial charge in [0.2, 0.25) is 0 Å². The Bertz CT molecular complexity index is 380. The van der Waals surface area contributed by atoms with Crippen LogP contribution >= 0.6 is 0 Å². The van der Waals surface area contributed by atoms with Crippen LogP contribution in [-0.2, 0) is 0 Å². The first-order valence-electron chi connectivity index (χ1n) is 3.72. The van der Waals surface area contributed by atoms with Crippen LogP contribution in [0.15, 0.2) is 6.07 Å². The molecule has 0 spiro atoms. The average Bonchev–Trinajstić information content (AvgIpc) is 2.02. The third-order valence-electron chi connectivity index (χ3n) is 1.75. The molecule has 4 nitrogen and oxygen atoms in total. The van der Waals surface area contributed by atoms with Gasteiger partial charge in [0.1, 0.15) is 11.4 Å². The molecule has 1 aromatic heterocycles. The van der Waals surface area contributed by atoms with Crippen molar-refractivity contribution in [1.82, 2.24) is 4.98 Å². The van der Waals surface area contributed by atoms with Gasteiger partial charge in [0, 0.05) is 11.3 Å². The van der Waals surface area contributed by atoms with E-state index in [9.17, 15) is 13.6 Å². The Morgan fingerprint density at radius 1 is 1.64 bits per heavy atom. The molecule has 6 heteroatoms. The number of halogens is 2. The number of aromatic carboxylic acids is 1. The zero-order valence-corrected chi connectivity index (χ0v) is 7.29. The summed E-state index contributed by atoms with van der Waals surface area (Å²) >= 11 is 0. The van der Waals surface area contributed by atoms with E-state index in [2.05, 4.69) is 4.98 Å². The standard InChI is InChI=1S/C8H8F2N2O2/c1-3-4(6(9)10)2-5(8(13)14)7(11)12-3/h2,6H,1H3,(H2,11,12)(H,13,14). The van der Waals surface area contributed by atoms with Crippen molar-refractivity contribution in [3.05, 3.63) is 22.9 Å². The van der Waals surface area contributed by atoms with E-state index < -0.39 is 23.5 Å². The lowest BCUT2D eigenvalue weighted by Crippen LogP contribution is -2.08. The molecule has 14 heavy (non-hydrogen) atoms. The van der Waals surface area contributed by atoms with E-state index in [1.807, 2.05) is 0 Å². The minimum Gasteiger partial charge on any atom is -0.478 e. The first-order chi connectivity index (χ1) is 6.43. The highest BCUT2D eigenvalue weighted by Gasteiger charge is 2.17. The third-order valence-corrected chi connectivity index (χ3v) is 1.75. The molecular weight excluding hydrogens is 194 g/mol. The number of alkyl halides is 2. The lowest BCUT2D eigenvalue weighted by molar-refractivity contribution is 0.0697. The second-order valence-electron chi connectivity index (χ2n) is 2.70. The fourth-order valence-electron chi connectivity index (χ4n) is 1.03. The summed E-state index contributed by atoms with van der Waals surface area (Å²) in [6, 6.07) is 0.852. The zero-order valence-electron chi connectivity index (χ0n) is 7.29. The molecular formula is C8H8F2N2O2. The van der Waals surface area contributed by atoms with Gasteiger partial charge in [0.15, 0.2) is 0 Å². The van der Waals surface area contributed by atoms with Crippen molar-refractivity contribution in [3.63, 3.8) is 0 Å². The monoisotopic (exact) mass is 202 g/mol. The number of nitrogens with zero attached hydrogens (tertiary/aromatic N) is 1. The van der Waals surface area contributed by atoms with E-state index in [4.69, 9.17) is 10.8 Å². The van der Waals surface area contributed by atoms with Gasteiger partial charge in [-0.1, -0.05) is 0 Å². The molecule has 0 aliphatic rings. The highest BCUT2D eigenvalue weighted by molar-refractivity contribution is 5.92. The van der Waals surface area contributed by atoms with Gasteiger partial charge < -0.3 is 10.8 Å². The minimum atomic E-state index is -2.75. The maximum Gasteiger partial charge on any atom is 0.339 e. The zero-order chi connectivity index (χ0) is 10.9. The van der Waals surface area contributed by atoms with E-state index in [0.29, 0.717) is 0 Å². The molecule has 0 atom stereocenters. The molecule has 1 rings (SSSR count). The van der Waals surface area contributed by atoms with Gasteiger partial charge >= 0.3 is 5.97 Å². The van der Waals surface area contributed by atoms with Gasteiger partial charge in [0.25, 0.3) is 6.43 Å². The minimum absolute atomic E-state index is 0.0440. The van der Waals surface area contributed by atoms with Crippen LogP contribution in [0.2, 0.25) is 0 Å². The van der Waals surface area contributed by atoms with Crippen LogP contribution in [0.4, 0.5) is 14.6 Å². The largest absolute Gasteiger partial charge is 0.478 e. The SMILES string of the molecule is Cc1nc(N)c(C(=O)O)cc1C(F)F. The first-order valence-corrected chi connectivity index (χ1v) is 3.72. The van der Waals surface area contributed by atoms with E-state index in [-0.39, 0.29) is 11.5 Å². The van der Waals surface area contributed by atoms with Crippen LogP contribution in [0.5, 0.6) is 0 Å². The number of aromatic nitrogens is 1. The van der Waals surface area contributed by atoms with Gasteiger partial charge in [-0.05, 0) is 13.0 Å². The molecule has 0 amide bonds. The second kappa shape index (κ2) is 3.57. The van der Waals surface area contributed by atoms with Crippen molar-refractivity contribution in [2.45, 2.75) is 13.3 Å². The van der Waals surface area contributed by atoms with Gasteiger partial charge in [-0.3, -0.25) is 0 Å². The molecule has 0 aliphatic heterocycles. The Labute approximate surface area is 78.4 Å². The second-order valence-corrected chi connectivity index (χ2v) is 2.70. The lowest BCUT2D eigenvalue weighted by Gasteiger charge is -2.07. The number of aryl methyl sites for hydroxylation is 1. The number of rotatable bonds is 2. The van der Waals surface area contributed by atoms with Crippen LogP contribution in [-0.4, -0.2) is 16.1 Å². The number of pyridine rings is 1. The number of nitrogen functional groups attached to an aromatic ring is 1. The summed E-state index contributed by atoms with van der Waals surface area (Å²) in [7, 11) is 0. The number of anilines is 1. The normalized spacial score (nSPS) is 10.6. The number of hydrogen-bond donors (Lipinski definition) is 2. The van der Waals surface area contributed by atoms with Crippen molar-refractivity contribution >= 4 is 11.8 Å². The number of hydrogen-bond acceptors (Lipinski definition) is 3. The summed E-state index contributed by atoms with van der Waals surface area (Å²) in [6.45, 7) is 1.35. The van der Waals surface area contributed by atoms with Crippen molar-refractivity contribution in [2.75, 3.05) is 5.73 Å². The van der Waals surface area contributed by atoms with Crippen molar-refractivity contribution in [2.24, 2.45) is 0 Å². The molecule has 0 saturated heterocycles. The van der Waals surface area contributed by atoms with Crippen molar-refractivity contribution < 1.29 is 18.7 Å². The number of nitrogens with two attached hydrogens (primary N) is 1. The summed E-state index contributed by atoms with van der Waals surface area (Å²) in [4.78, 5) is 14.1. The predicted molar refractivity (Wildman–Crippen MR) is 45.3 cm³/mol. The molecule has 0 bridgehead atoms. The molecule has 0 aliphatic carbocycles. The number of carboxylic acids is 1. The molecule has 1 heterocycles. The van der Waals surface area contributed by atoms with Gasteiger partial charge in [0.05, 0.1) is 0 Å². The third kappa shape index (κ3) is 1.78. The van der Waals surface area contributed by atoms with Crippen LogP contribution in [0, 0.1) is 6.92 Å². The molecule has 0 aromatic carbocycles. The highest BCUT2D eigenvalue weighted by atomic mass is 19.3. The average molecular weight is 202 g/mol. The Morgan fingerprint density at radius 2 is 2.21 bits per heavy atom. The molecule has 0 unspecified atom stereocenters. The quantitative estimate of drug-likeness (QED) is 0.763. The van der Waals surface area contributed by atoms with Crippen LogP contribution in [0.25, 0.3) is 0 Å². The summed E-state index contributed by atoms with van der Waals surface area (Å²) in [5, 5.41) is 8.60. The highest BCUT2D eigenvalue weighted by Crippen LogP contribution is 2.24. The number of carboxylic acid groups (broad SMARTS) is 1. The van der Waals surface area contributed by atoms with E-state index in [1.54, 1.807) is 0 Å². The van der Waals surface area contributed by atoms with Crippen molar-refractivity contribution in [1.29, 1.82) is 0 Å². The van der Waals surface area contributed by atoms with Gasteiger partial charge in [-0.2, -0.15) is 0 Å². The topological polar surface area (TPSA) is 76.2 Å². The van der Waals surface area contributed by atoms with Crippen molar-refractivity contribution in [3.8, 4) is 0 Å². The summed E-state index contributed by atoms with van der Waals surface area (Å²) in [6.07, 6.45) is -2.75. The summed E-state index contributed by atoms with van der Waals surface area (Å²) in [5.74, 6) is -1.61. The van der Waals surface area contributed by atoms with E-state index in [1.165, 1.54) is 6.92 Å². The van der Waals surface area contributed by atoms with Gasteiger partial charge in [-0.15, -0.1) is 0 Å². The Balaban J connectivity index is 3.34. The maximum atomic E-state index is 12.3. The van der Waals surface area contributed by atoms with Gasteiger partial charge in [-0.25, -0.2) is 18.6 Å². The molecule has 0 radical (unpaired) electrons. The van der Waals surface area contributed by atoms with E-state index in [0.717, 1.165) is 6.07 Å². The Kier molecular flexibility index (Phi) is 2.64. The fraction of sp³-hybridized carbons (Fsp3) is 0.250. The Hall–Kier alpha value is -1.72. The number of carbonyl (C=O) groups is 1. The van der Waals surface area contributed by atoms with E-state index >= 15 is 0 Å². The van der Waals surface area contributed by atoms with Crippen LogP contribution < -0.4 is 5.73 Å². The predicted octanol–water partition coefficient (Wildman–Crippen LogP) is 1.61. The maximum absolute atomic E-state index is 12.3. The molecule has 76 valence electrons. The summed E-state index contributed by atoms with van der Waals surface area (Å²) in [5.41, 5.74) is 4.50. The molecule has 3 N–H and O–H groups in total. The van der Waals surface area contributed by atoms with Crippen LogP contribution in [0.3, 0.4) is 0 Å². The fourth-order valence-corrected chi connectivity index (χ4v) is 1.03. The summed E-state index contributed by atoms with van der Waals surface area (Å²) < 4.78 is 24.7. The molecule has 1 aromatic rings. The first kappa shape index (κ1) is 10.4. The van der Waals surface area contributed by atoms with Crippen LogP contribution in [0.1, 0.15) is 28.0 Å². The molecule has 0 fully saturated rings. The molecule has 0 saturated carbocycles. The lowest BCUT2D eigenvalue weighted by atomic mass is 10.1. The smallest absolute Gasteiger partial charge is 0.339 e. The Morgan fingerprint density at radius 3 is 2.64 bits per heavy atom.